The van der Waals surface area contributed by atoms with Crippen molar-refractivity contribution in [2.75, 3.05) is 17.0 Å². The number of esters is 1. The molecule has 0 amide bonds. The van der Waals surface area contributed by atoms with Gasteiger partial charge in [0.1, 0.15) is 0 Å². The van der Waals surface area contributed by atoms with E-state index in [9.17, 15) is 13.2 Å². The van der Waals surface area contributed by atoms with Gasteiger partial charge >= 0.3 is 5.97 Å². The zero-order valence-electron chi connectivity index (χ0n) is 18.5. The number of hydrogen-bond donors (Lipinski definition) is 3. The lowest BCUT2D eigenvalue weighted by atomic mass is 9.81. The molecule has 7 nitrogen and oxygen atoms in total. The molecule has 0 atom stereocenters. The molecule has 1 aliphatic heterocycles. The van der Waals surface area contributed by atoms with Gasteiger partial charge in [-0.3, -0.25) is 4.72 Å². The Balaban J connectivity index is 1.71. The standard InChI is InChI=1S/C24H28ClN3O4S/c1-15-12-19(16-6-5-7-17(13-16)28-33(30,31)11-10-26)20(25)14-18(15)21-22(27)24(32-23(21)29)8-3-2-4-9-24/h5-7,12-14,28H,2-4,8-11,26-27H2,1H3. The van der Waals surface area contributed by atoms with Gasteiger partial charge in [0.05, 0.1) is 17.0 Å². The summed E-state index contributed by atoms with van der Waals surface area (Å²) in [4.78, 5) is 12.8. The molecule has 0 saturated heterocycles. The molecule has 2 aliphatic rings. The van der Waals surface area contributed by atoms with Gasteiger partial charge in [0.15, 0.2) is 5.60 Å². The molecule has 0 radical (unpaired) electrons. The lowest BCUT2D eigenvalue weighted by Gasteiger charge is -2.32. The topological polar surface area (TPSA) is 125 Å². The SMILES string of the molecule is Cc1cc(-c2cccc(NS(=O)(=O)CCN)c2)c(Cl)cc1C1=C(N)C2(CCCCC2)OC1=O. The lowest BCUT2D eigenvalue weighted by molar-refractivity contribution is -0.147. The smallest absolute Gasteiger partial charge is 0.341 e. The van der Waals surface area contributed by atoms with E-state index in [1.807, 2.05) is 19.1 Å². The van der Waals surface area contributed by atoms with Crippen LogP contribution in [0.4, 0.5) is 5.69 Å². The summed E-state index contributed by atoms with van der Waals surface area (Å²) in [6, 6.07) is 10.6. The van der Waals surface area contributed by atoms with E-state index in [2.05, 4.69) is 4.72 Å². The van der Waals surface area contributed by atoms with Gasteiger partial charge in [-0.25, -0.2) is 13.2 Å². The summed E-state index contributed by atoms with van der Waals surface area (Å²) in [7, 11) is -3.53. The van der Waals surface area contributed by atoms with Gasteiger partial charge in [0.25, 0.3) is 0 Å². The number of nitrogens with one attached hydrogen (secondary N) is 1. The van der Waals surface area contributed by atoms with Crippen LogP contribution in [-0.4, -0.2) is 32.3 Å². The van der Waals surface area contributed by atoms with E-state index in [1.165, 1.54) is 0 Å². The Bertz CT molecular complexity index is 1230. The highest BCUT2D eigenvalue weighted by molar-refractivity contribution is 7.92. The highest BCUT2D eigenvalue weighted by Crippen LogP contribution is 2.45. The van der Waals surface area contributed by atoms with Crippen LogP contribution in [0.1, 0.15) is 43.2 Å². The normalized spacial score (nSPS) is 18.0. The first-order valence-corrected chi connectivity index (χ1v) is 13.0. The molecule has 1 fully saturated rings. The molecule has 2 aromatic carbocycles. The number of carbonyl (C=O) groups excluding carboxylic acids is 1. The summed E-state index contributed by atoms with van der Waals surface area (Å²) in [5.41, 5.74) is 15.4. The van der Waals surface area contributed by atoms with Crippen LogP contribution in [0.3, 0.4) is 0 Å². The van der Waals surface area contributed by atoms with E-state index in [1.54, 1.807) is 24.3 Å². The highest BCUT2D eigenvalue weighted by atomic mass is 35.5. The van der Waals surface area contributed by atoms with E-state index < -0.39 is 21.6 Å². The zero-order chi connectivity index (χ0) is 23.8. The molecule has 1 saturated carbocycles. The Morgan fingerprint density at radius 1 is 1.12 bits per heavy atom. The Kier molecular flexibility index (Phi) is 6.44. The van der Waals surface area contributed by atoms with Crippen molar-refractivity contribution >= 4 is 38.9 Å². The summed E-state index contributed by atoms with van der Waals surface area (Å²) in [6.07, 6.45) is 4.55. The minimum absolute atomic E-state index is 0.0320. The minimum Gasteiger partial charge on any atom is -0.449 e. The number of sulfonamides is 1. The van der Waals surface area contributed by atoms with E-state index in [-0.39, 0.29) is 12.3 Å². The van der Waals surface area contributed by atoms with Crippen LogP contribution in [0.5, 0.6) is 0 Å². The Hall–Kier alpha value is -2.55. The predicted molar refractivity (Wildman–Crippen MR) is 131 cm³/mol. The van der Waals surface area contributed by atoms with Crippen molar-refractivity contribution in [3.8, 4) is 11.1 Å². The monoisotopic (exact) mass is 489 g/mol. The van der Waals surface area contributed by atoms with Crippen molar-refractivity contribution in [2.45, 2.75) is 44.6 Å². The van der Waals surface area contributed by atoms with E-state index >= 15 is 0 Å². The molecular formula is C24H28ClN3O4S. The van der Waals surface area contributed by atoms with Crippen molar-refractivity contribution in [2.24, 2.45) is 11.5 Å². The number of carbonyl (C=O) groups is 1. The molecule has 2 aromatic rings. The van der Waals surface area contributed by atoms with Crippen molar-refractivity contribution in [1.29, 1.82) is 0 Å². The summed E-state index contributed by atoms with van der Waals surface area (Å²) >= 11 is 6.65. The van der Waals surface area contributed by atoms with Crippen LogP contribution in [0.25, 0.3) is 16.7 Å². The van der Waals surface area contributed by atoms with Gasteiger partial charge in [-0.05, 0) is 73.6 Å². The van der Waals surface area contributed by atoms with Crippen LogP contribution >= 0.6 is 11.6 Å². The number of benzene rings is 2. The Morgan fingerprint density at radius 3 is 2.55 bits per heavy atom. The van der Waals surface area contributed by atoms with Crippen LogP contribution in [0.15, 0.2) is 42.1 Å². The van der Waals surface area contributed by atoms with Gasteiger partial charge in [0, 0.05) is 22.8 Å². The summed E-state index contributed by atoms with van der Waals surface area (Å²) in [5.74, 6) is -0.572. The third-order valence-electron chi connectivity index (χ3n) is 6.33. The second-order valence-electron chi connectivity index (χ2n) is 8.67. The maximum atomic E-state index is 12.8. The second kappa shape index (κ2) is 9.00. The van der Waals surface area contributed by atoms with E-state index in [0.29, 0.717) is 27.5 Å². The fraction of sp³-hybridized carbons (Fsp3) is 0.375. The number of halogens is 1. The van der Waals surface area contributed by atoms with E-state index in [0.717, 1.165) is 48.8 Å². The van der Waals surface area contributed by atoms with Crippen molar-refractivity contribution < 1.29 is 17.9 Å². The second-order valence-corrected chi connectivity index (χ2v) is 10.9. The number of anilines is 1. The highest BCUT2D eigenvalue weighted by Gasteiger charge is 2.47. The van der Waals surface area contributed by atoms with Crippen LogP contribution in [0.2, 0.25) is 5.02 Å². The first-order valence-electron chi connectivity index (χ1n) is 11.0. The number of aryl methyl sites for hydroxylation is 1. The molecule has 33 heavy (non-hydrogen) atoms. The van der Waals surface area contributed by atoms with Gasteiger partial charge in [-0.15, -0.1) is 0 Å². The number of rotatable bonds is 6. The minimum atomic E-state index is -3.53. The molecule has 4 rings (SSSR count). The zero-order valence-corrected chi connectivity index (χ0v) is 20.1. The van der Waals surface area contributed by atoms with Crippen LogP contribution in [-0.2, 0) is 19.6 Å². The first-order chi connectivity index (χ1) is 15.7. The Morgan fingerprint density at radius 2 is 1.85 bits per heavy atom. The van der Waals surface area contributed by atoms with Crippen LogP contribution < -0.4 is 16.2 Å². The third kappa shape index (κ3) is 4.60. The largest absolute Gasteiger partial charge is 0.449 e. The first kappa shape index (κ1) is 23.6. The molecular weight excluding hydrogens is 462 g/mol. The Labute approximate surface area is 199 Å². The van der Waals surface area contributed by atoms with Gasteiger partial charge in [-0.1, -0.05) is 30.2 Å². The molecule has 1 spiro atoms. The van der Waals surface area contributed by atoms with Gasteiger partial charge in [-0.2, -0.15) is 0 Å². The predicted octanol–water partition coefficient (Wildman–Crippen LogP) is 3.95. The third-order valence-corrected chi connectivity index (χ3v) is 7.96. The maximum Gasteiger partial charge on any atom is 0.341 e. The number of hydrogen-bond acceptors (Lipinski definition) is 6. The number of ether oxygens (including phenoxy) is 1. The van der Waals surface area contributed by atoms with Crippen molar-refractivity contribution in [3.05, 3.63) is 58.2 Å². The molecule has 1 heterocycles. The molecule has 176 valence electrons. The molecule has 0 aromatic heterocycles. The summed E-state index contributed by atoms with van der Waals surface area (Å²) < 4.78 is 32.5. The summed E-state index contributed by atoms with van der Waals surface area (Å²) in [5, 5.41) is 0.426. The fourth-order valence-corrected chi connectivity index (χ4v) is 5.85. The lowest BCUT2D eigenvalue weighted by Crippen LogP contribution is -2.37. The van der Waals surface area contributed by atoms with Crippen molar-refractivity contribution in [3.63, 3.8) is 0 Å². The maximum absolute atomic E-state index is 12.8. The number of nitrogens with two attached hydrogens (primary N) is 2. The quantitative estimate of drug-likeness (QED) is 0.528. The fourth-order valence-electron chi connectivity index (χ4n) is 4.68. The van der Waals surface area contributed by atoms with Gasteiger partial charge in [0.2, 0.25) is 10.0 Å². The molecule has 5 N–H and O–H groups in total. The summed E-state index contributed by atoms with van der Waals surface area (Å²) in [6.45, 7) is 1.92. The molecule has 1 aliphatic carbocycles. The molecule has 9 heteroatoms. The van der Waals surface area contributed by atoms with Crippen LogP contribution in [0, 0.1) is 6.92 Å². The molecule has 0 bridgehead atoms. The average Bonchev–Trinajstić information content (AvgIpc) is 2.98. The van der Waals surface area contributed by atoms with E-state index in [4.69, 9.17) is 27.8 Å². The average molecular weight is 490 g/mol. The molecule has 0 unspecified atom stereocenters. The van der Waals surface area contributed by atoms with Gasteiger partial charge < -0.3 is 16.2 Å². The van der Waals surface area contributed by atoms with Crippen molar-refractivity contribution in [1.82, 2.24) is 0 Å².